The van der Waals surface area contributed by atoms with Gasteiger partial charge in [0.1, 0.15) is 0 Å². The Labute approximate surface area is 153 Å². The molecule has 1 fully saturated rings. The molecule has 0 radical (unpaired) electrons. The van der Waals surface area contributed by atoms with E-state index >= 15 is 0 Å². The van der Waals surface area contributed by atoms with Gasteiger partial charge in [-0.2, -0.15) is 4.31 Å². The topological polar surface area (TPSA) is 62.3 Å². The maximum Gasteiger partial charge on any atom is 0.243 e. The second kappa shape index (κ2) is 7.80. The van der Waals surface area contributed by atoms with Crippen LogP contribution in [0.25, 0.3) is 0 Å². The van der Waals surface area contributed by atoms with Crippen molar-refractivity contribution in [2.24, 2.45) is 0 Å². The summed E-state index contributed by atoms with van der Waals surface area (Å²) >= 11 is 5.95. The van der Waals surface area contributed by atoms with Crippen LogP contribution in [0.15, 0.2) is 47.6 Å². The Morgan fingerprint density at radius 2 is 2.12 bits per heavy atom. The lowest BCUT2D eigenvalue weighted by molar-refractivity contribution is 0.271. The normalized spacial score (nSPS) is 18.8. The zero-order chi connectivity index (χ0) is 16.4. The Kier molecular flexibility index (Phi) is 6.22. The van der Waals surface area contributed by atoms with Crippen LogP contribution >= 0.6 is 24.0 Å². The van der Waals surface area contributed by atoms with E-state index in [4.69, 9.17) is 11.6 Å². The molecule has 0 spiro atoms. The van der Waals surface area contributed by atoms with Crippen molar-refractivity contribution in [2.75, 3.05) is 19.6 Å². The van der Waals surface area contributed by atoms with E-state index in [-0.39, 0.29) is 18.4 Å². The van der Waals surface area contributed by atoms with E-state index in [0.29, 0.717) is 35.1 Å². The second-order valence-corrected chi connectivity index (χ2v) is 7.83. The number of hydrogen-bond donors (Lipinski definition) is 1. The van der Waals surface area contributed by atoms with Crippen LogP contribution in [0.5, 0.6) is 0 Å². The van der Waals surface area contributed by atoms with Crippen molar-refractivity contribution in [3.05, 3.63) is 58.9 Å². The molecule has 5 nitrogen and oxygen atoms in total. The standard InChI is InChI=1S/C16H18ClN3O2S.ClH/c1-12-9-14(17)4-5-16(12)23(21,22)20-8-7-19-11-15(20)13-3-2-6-18-10-13;/h2-6,9-10,15,19H,7-8,11H2,1H3;1H. The maximum absolute atomic E-state index is 13.1. The van der Waals surface area contributed by atoms with Gasteiger partial charge in [-0.25, -0.2) is 8.42 Å². The van der Waals surface area contributed by atoms with E-state index in [0.717, 1.165) is 5.56 Å². The first-order valence-corrected chi connectivity index (χ1v) is 9.20. The number of benzene rings is 1. The van der Waals surface area contributed by atoms with Crippen LogP contribution in [0, 0.1) is 6.92 Å². The lowest BCUT2D eigenvalue weighted by atomic mass is 10.1. The quantitative estimate of drug-likeness (QED) is 0.879. The van der Waals surface area contributed by atoms with Crippen molar-refractivity contribution in [2.45, 2.75) is 17.9 Å². The summed E-state index contributed by atoms with van der Waals surface area (Å²) in [4.78, 5) is 4.41. The van der Waals surface area contributed by atoms with E-state index in [1.165, 1.54) is 0 Å². The van der Waals surface area contributed by atoms with Gasteiger partial charge in [0.2, 0.25) is 10.0 Å². The minimum absolute atomic E-state index is 0. The first kappa shape index (κ1) is 19.1. The molecule has 0 bridgehead atoms. The second-order valence-electron chi connectivity index (χ2n) is 5.53. The van der Waals surface area contributed by atoms with E-state index in [1.807, 2.05) is 12.1 Å². The van der Waals surface area contributed by atoms with Gasteiger partial charge < -0.3 is 5.32 Å². The molecule has 130 valence electrons. The third kappa shape index (κ3) is 3.73. The van der Waals surface area contributed by atoms with Crippen molar-refractivity contribution >= 4 is 34.0 Å². The van der Waals surface area contributed by atoms with Gasteiger partial charge in [-0.05, 0) is 42.3 Å². The summed E-state index contributed by atoms with van der Waals surface area (Å²) in [6.45, 7) is 3.38. The molecule has 1 aliphatic heterocycles. The van der Waals surface area contributed by atoms with Gasteiger partial charge in [0, 0.05) is 37.1 Å². The Hall–Kier alpha value is -1.18. The van der Waals surface area contributed by atoms with Gasteiger partial charge in [-0.1, -0.05) is 17.7 Å². The predicted octanol–water partition coefficient (Wildman–Crippen LogP) is 2.80. The highest BCUT2D eigenvalue weighted by Gasteiger charge is 2.35. The van der Waals surface area contributed by atoms with Crippen LogP contribution in [0.4, 0.5) is 0 Å². The van der Waals surface area contributed by atoms with Crippen LogP contribution < -0.4 is 5.32 Å². The first-order chi connectivity index (χ1) is 11.0. The molecule has 1 aromatic carbocycles. The number of sulfonamides is 1. The van der Waals surface area contributed by atoms with Gasteiger partial charge in [0.15, 0.2) is 0 Å². The molecule has 1 aromatic heterocycles. The van der Waals surface area contributed by atoms with Gasteiger partial charge in [0.25, 0.3) is 0 Å². The monoisotopic (exact) mass is 387 g/mol. The van der Waals surface area contributed by atoms with Crippen LogP contribution in [0.2, 0.25) is 5.02 Å². The summed E-state index contributed by atoms with van der Waals surface area (Å²) in [6.07, 6.45) is 3.40. The number of piperazine rings is 1. The van der Waals surface area contributed by atoms with Crippen LogP contribution in [0.3, 0.4) is 0 Å². The minimum Gasteiger partial charge on any atom is -0.313 e. The molecule has 24 heavy (non-hydrogen) atoms. The summed E-state index contributed by atoms with van der Waals surface area (Å²) in [6, 6.07) is 8.33. The first-order valence-electron chi connectivity index (χ1n) is 7.39. The zero-order valence-corrected chi connectivity index (χ0v) is 15.5. The number of nitrogens with one attached hydrogen (secondary N) is 1. The number of aryl methyl sites for hydroxylation is 1. The predicted molar refractivity (Wildman–Crippen MR) is 97.2 cm³/mol. The number of aromatic nitrogens is 1. The molecule has 1 N–H and O–H groups in total. The van der Waals surface area contributed by atoms with Crippen molar-refractivity contribution in [1.29, 1.82) is 0 Å². The number of hydrogen-bond acceptors (Lipinski definition) is 4. The molecule has 0 saturated carbocycles. The third-order valence-electron chi connectivity index (χ3n) is 3.99. The zero-order valence-electron chi connectivity index (χ0n) is 13.1. The molecular formula is C16H19Cl2N3O2S. The largest absolute Gasteiger partial charge is 0.313 e. The SMILES string of the molecule is Cc1cc(Cl)ccc1S(=O)(=O)N1CCNCC1c1cccnc1.Cl. The molecule has 8 heteroatoms. The van der Waals surface area contributed by atoms with Gasteiger partial charge in [0.05, 0.1) is 10.9 Å². The molecule has 0 amide bonds. The fourth-order valence-electron chi connectivity index (χ4n) is 2.86. The number of rotatable bonds is 3. The lowest BCUT2D eigenvalue weighted by Gasteiger charge is -2.35. The summed E-state index contributed by atoms with van der Waals surface area (Å²) < 4.78 is 27.8. The fraction of sp³-hybridized carbons (Fsp3) is 0.312. The highest BCUT2D eigenvalue weighted by Crippen LogP contribution is 2.30. The Balaban J connectivity index is 0.00000208. The average Bonchev–Trinajstić information content (AvgIpc) is 2.55. The highest BCUT2D eigenvalue weighted by molar-refractivity contribution is 7.89. The van der Waals surface area contributed by atoms with E-state index in [1.54, 1.807) is 41.8 Å². The van der Waals surface area contributed by atoms with E-state index in [2.05, 4.69) is 10.3 Å². The van der Waals surface area contributed by atoms with Gasteiger partial charge in [-0.3, -0.25) is 4.98 Å². The fourth-order valence-corrected chi connectivity index (χ4v) is 4.91. The highest BCUT2D eigenvalue weighted by atomic mass is 35.5. The number of nitrogens with zero attached hydrogens (tertiary/aromatic N) is 2. The van der Waals surface area contributed by atoms with Crippen LogP contribution in [-0.2, 0) is 10.0 Å². The molecule has 2 heterocycles. The van der Waals surface area contributed by atoms with Gasteiger partial charge >= 0.3 is 0 Å². The van der Waals surface area contributed by atoms with Crippen molar-refractivity contribution in [3.8, 4) is 0 Å². The van der Waals surface area contributed by atoms with Crippen LogP contribution in [-0.4, -0.2) is 37.3 Å². The molecular weight excluding hydrogens is 369 g/mol. The Bertz CT molecular complexity index is 800. The average molecular weight is 388 g/mol. The number of halogens is 2. The maximum atomic E-state index is 13.1. The van der Waals surface area contributed by atoms with Crippen molar-refractivity contribution in [3.63, 3.8) is 0 Å². The summed E-state index contributed by atoms with van der Waals surface area (Å²) in [5.74, 6) is 0. The number of pyridine rings is 1. The third-order valence-corrected chi connectivity index (χ3v) is 6.29. The molecule has 1 saturated heterocycles. The lowest BCUT2D eigenvalue weighted by Crippen LogP contribution is -2.48. The van der Waals surface area contributed by atoms with Crippen LogP contribution in [0.1, 0.15) is 17.2 Å². The van der Waals surface area contributed by atoms with Crippen molar-refractivity contribution in [1.82, 2.24) is 14.6 Å². The Morgan fingerprint density at radius 3 is 2.79 bits per heavy atom. The summed E-state index contributed by atoms with van der Waals surface area (Å²) in [5.41, 5.74) is 1.54. The molecule has 1 unspecified atom stereocenters. The summed E-state index contributed by atoms with van der Waals surface area (Å²) in [7, 11) is -3.60. The smallest absolute Gasteiger partial charge is 0.243 e. The molecule has 0 aliphatic carbocycles. The molecule has 3 rings (SSSR count). The van der Waals surface area contributed by atoms with E-state index < -0.39 is 10.0 Å². The summed E-state index contributed by atoms with van der Waals surface area (Å²) in [5, 5.41) is 3.79. The molecule has 1 aliphatic rings. The molecule has 2 aromatic rings. The van der Waals surface area contributed by atoms with Gasteiger partial charge in [-0.15, -0.1) is 12.4 Å². The Morgan fingerprint density at radius 1 is 1.33 bits per heavy atom. The minimum atomic E-state index is -3.60. The molecule has 1 atom stereocenters. The van der Waals surface area contributed by atoms with Crippen molar-refractivity contribution < 1.29 is 8.42 Å². The van der Waals surface area contributed by atoms with E-state index in [9.17, 15) is 8.42 Å².